The molecule has 14 heteroatoms. The molecule has 28 heavy (non-hydrogen) atoms. The lowest BCUT2D eigenvalue weighted by Crippen LogP contribution is -2.44. The van der Waals surface area contributed by atoms with Crippen molar-refractivity contribution in [1.29, 1.82) is 0 Å². The average molecular weight is 546 g/mol. The zero-order chi connectivity index (χ0) is 21.2. The summed E-state index contributed by atoms with van der Waals surface area (Å²) in [6, 6.07) is 2.62. The molecule has 0 radical (unpaired) electrons. The van der Waals surface area contributed by atoms with E-state index in [1.165, 1.54) is 12.1 Å². The third kappa shape index (κ3) is 5.26. The molecule has 0 fully saturated rings. The molecule has 0 aliphatic heterocycles. The van der Waals surface area contributed by atoms with E-state index in [0.717, 1.165) is 0 Å². The molecule has 2 rings (SSSR count). The zero-order valence-electron chi connectivity index (χ0n) is 13.0. The summed E-state index contributed by atoms with van der Waals surface area (Å²) < 4.78 is 0. The lowest BCUT2D eigenvalue weighted by Gasteiger charge is -2.14. The summed E-state index contributed by atoms with van der Waals surface area (Å²) in [6.07, 6.45) is 0. The Morgan fingerprint density at radius 3 is 1.18 bits per heavy atom. The first-order valence-corrected chi connectivity index (χ1v) is 9.85. The van der Waals surface area contributed by atoms with Crippen LogP contribution in [0.5, 0.6) is 0 Å². The Hall–Kier alpha value is -0.700. The van der Waals surface area contributed by atoms with E-state index in [1.807, 2.05) is 0 Å². The van der Waals surface area contributed by atoms with Gasteiger partial charge >= 0.3 is 11.8 Å². The fraction of sp³-hybridized carbons (Fsp3) is 0. The van der Waals surface area contributed by atoms with Crippen LogP contribution in [-0.4, -0.2) is 11.8 Å². The summed E-state index contributed by atoms with van der Waals surface area (Å²) >= 11 is 47.2. The second-order valence-electron chi connectivity index (χ2n) is 4.85. The standard InChI is InChI=1S/C14H6Cl8N4O2/c15-3-1-5(9(19)11(21)7(3)17)23-25-13(27)14(28)26-24-6-2-4(16)8(18)12(22)10(6)20/h1-2,23-24H,(H,25,27)(H,26,28). The number of hydrazine groups is 2. The highest BCUT2D eigenvalue weighted by atomic mass is 35.5. The lowest BCUT2D eigenvalue weighted by atomic mass is 10.3. The van der Waals surface area contributed by atoms with Crippen molar-refractivity contribution in [2.24, 2.45) is 0 Å². The number of amides is 2. The highest BCUT2D eigenvalue weighted by molar-refractivity contribution is 6.53. The summed E-state index contributed by atoms with van der Waals surface area (Å²) in [7, 11) is 0. The van der Waals surface area contributed by atoms with Crippen LogP contribution >= 0.6 is 92.8 Å². The van der Waals surface area contributed by atoms with Gasteiger partial charge in [0.2, 0.25) is 0 Å². The Balaban J connectivity index is 2.01. The largest absolute Gasteiger partial charge is 0.329 e. The lowest BCUT2D eigenvalue weighted by molar-refractivity contribution is -0.138. The van der Waals surface area contributed by atoms with Gasteiger partial charge in [-0.25, -0.2) is 0 Å². The number of nitrogens with one attached hydrogen (secondary N) is 4. The predicted octanol–water partition coefficient (Wildman–Crippen LogP) is 6.50. The molecule has 0 aliphatic rings. The summed E-state index contributed by atoms with van der Waals surface area (Å²) in [5.74, 6) is -2.18. The van der Waals surface area contributed by atoms with Gasteiger partial charge in [0.25, 0.3) is 0 Å². The van der Waals surface area contributed by atoms with Crippen LogP contribution in [0.1, 0.15) is 0 Å². The Morgan fingerprint density at radius 2 is 0.857 bits per heavy atom. The first kappa shape index (κ1) is 23.6. The fourth-order valence-electron chi connectivity index (χ4n) is 1.69. The minimum Gasteiger partial charge on any atom is -0.297 e. The third-order valence-electron chi connectivity index (χ3n) is 3.03. The summed E-state index contributed by atoms with van der Waals surface area (Å²) in [5.41, 5.74) is 9.26. The molecule has 6 nitrogen and oxygen atoms in total. The minimum atomic E-state index is -1.09. The van der Waals surface area contributed by atoms with Gasteiger partial charge in [-0.05, 0) is 12.1 Å². The van der Waals surface area contributed by atoms with Gasteiger partial charge in [0.15, 0.2) is 0 Å². The highest BCUT2D eigenvalue weighted by Crippen LogP contribution is 2.41. The van der Waals surface area contributed by atoms with Crippen molar-refractivity contribution in [2.75, 3.05) is 10.9 Å². The summed E-state index contributed by atoms with van der Waals surface area (Å²) in [4.78, 5) is 23.8. The van der Waals surface area contributed by atoms with Crippen LogP contribution in [0.25, 0.3) is 0 Å². The predicted molar refractivity (Wildman–Crippen MR) is 116 cm³/mol. The summed E-state index contributed by atoms with van der Waals surface area (Å²) in [5, 5.41) is 0.206. The van der Waals surface area contributed by atoms with Crippen molar-refractivity contribution in [3.05, 3.63) is 52.3 Å². The first-order valence-electron chi connectivity index (χ1n) is 6.82. The van der Waals surface area contributed by atoms with Crippen molar-refractivity contribution in [2.45, 2.75) is 0 Å². The highest BCUT2D eigenvalue weighted by Gasteiger charge is 2.18. The number of benzene rings is 2. The van der Waals surface area contributed by atoms with E-state index in [9.17, 15) is 9.59 Å². The van der Waals surface area contributed by atoms with Crippen LogP contribution in [0.4, 0.5) is 11.4 Å². The normalized spacial score (nSPS) is 10.4. The minimum absolute atomic E-state index is 0.00729. The smallest absolute Gasteiger partial charge is 0.297 e. The van der Waals surface area contributed by atoms with E-state index in [2.05, 4.69) is 21.7 Å². The van der Waals surface area contributed by atoms with Gasteiger partial charge in [-0.3, -0.25) is 31.3 Å². The topological polar surface area (TPSA) is 82.3 Å². The molecule has 0 saturated carbocycles. The molecule has 0 saturated heterocycles. The molecule has 0 spiro atoms. The fourth-order valence-corrected chi connectivity index (χ4v) is 3.39. The van der Waals surface area contributed by atoms with E-state index in [0.29, 0.717) is 0 Å². The van der Waals surface area contributed by atoms with E-state index in [4.69, 9.17) is 92.8 Å². The zero-order valence-corrected chi connectivity index (χ0v) is 19.0. The second kappa shape index (κ2) is 9.87. The van der Waals surface area contributed by atoms with Crippen LogP contribution in [0.3, 0.4) is 0 Å². The molecule has 0 aliphatic carbocycles. The Morgan fingerprint density at radius 1 is 0.536 bits per heavy atom. The van der Waals surface area contributed by atoms with Crippen molar-refractivity contribution in [3.8, 4) is 0 Å². The van der Waals surface area contributed by atoms with Crippen LogP contribution in [0, 0.1) is 0 Å². The molecule has 0 aromatic heterocycles. The van der Waals surface area contributed by atoms with Crippen molar-refractivity contribution >= 4 is 116 Å². The monoisotopic (exact) mass is 542 g/mol. The van der Waals surface area contributed by atoms with Gasteiger partial charge in [0, 0.05) is 0 Å². The number of hydrogen-bond acceptors (Lipinski definition) is 4. The van der Waals surface area contributed by atoms with E-state index < -0.39 is 11.8 Å². The number of anilines is 2. The Labute approximate surface area is 198 Å². The first-order chi connectivity index (χ1) is 13.0. The number of hydrogen-bond donors (Lipinski definition) is 4. The number of carbonyl (C=O) groups is 2. The molecule has 0 heterocycles. The van der Waals surface area contributed by atoms with Crippen LogP contribution < -0.4 is 21.7 Å². The molecule has 0 bridgehead atoms. The van der Waals surface area contributed by atoms with E-state index in [-0.39, 0.29) is 51.6 Å². The third-order valence-corrected chi connectivity index (χ3v) is 6.54. The maximum atomic E-state index is 11.9. The van der Waals surface area contributed by atoms with Crippen LogP contribution in [-0.2, 0) is 9.59 Å². The van der Waals surface area contributed by atoms with Gasteiger partial charge in [-0.1, -0.05) is 92.8 Å². The van der Waals surface area contributed by atoms with Crippen LogP contribution in [0.2, 0.25) is 40.2 Å². The molecule has 2 aromatic carbocycles. The maximum Gasteiger partial charge on any atom is 0.329 e. The molecular formula is C14H6Cl8N4O2. The van der Waals surface area contributed by atoms with Crippen LogP contribution in [0.15, 0.2) is 12.1 Å². The molecule has 150 valence electrons. The van der Waals surface area contributed by atoms with Crippen molar-refractivity contribution in [1.82, 2.24) is 10.9 Å². The molecule has 2 aromatic rings. The van der Waals surface area contributed by atoms with E-state index in [1.54, 1.807) is 0 Å². The van der Waals surface area contributed by atoms with Gasteiger partial charge in [-0.15, -0.1) is 0 Å². The van der Waals surface area contributed by atoms with Gasteiger partial charge < -0.3 is 0 Å². The SMILES string of the molecule is O=C(NNc1cc(Cl)c(Cl)c(Cl)c1Cl)C(=O)NNc1cc(Cl)c(Cl)c(Cl)c1Cl. The van der Waals surface area contributed by atoms with E-state index >= 15 is 0 Å². The second-order valence-corrected chi connectivity index (χ2v) is 7.94. The van der Waals surface area contributed by atoms with Gasteiger partial charge in [-0.2, -0.15) is 0 Å². The molecule has 0 atom stereocenters. The maximum absolute atomic E-state index is 11.9. The van der Waals surface area contributed by atoms with Gasteiger partial charge in [0.05, 0.1) is 51.6 Å². The molecular weight excluding hydrogens is 540 g/mol. The Bertz CT molecular complexity index is 892. The summed E-state index contributed by atoms with van der Waals surface area (Å²) in [6.45, 7) is 0. The van der Waals surface area contributed by atoms with Crippen molar-refractivity contribution < 1.29 is 9.59 Å². The number of carbonyl (C=O) groups excluding carboxylic acids is 2. The molecule has 4 N–H and O–H groups in total. The number of halogens is 8. The average Bonchev–Trinajstić information content (AvgIpc) is 2.67. The Kier molecular flexibility index (Phi) is 8.31. The molecule has 2 amide bonds. The number of rotatable bonds is 4. The van der Waals surface area contributed by atoms with Gasteiger partial charge in [0.1, 0.15) is 0 Å². The quantitative estimate of drug-likeness (QED) is 0.153. The van der Waals surface area contributed by atoms with Crippen molar-refractivity contribution in [3.63, 3.8) is 0 Å². The molecule has 0 unspecified atom stereocenters.